The van der Waals surface area contributed by atoms with E-state index in [9.17, 15) is 14.7 Å². The lowest BCUT2D eigenvalue weighted by atomic mass is 10.2. The molecule has 0 rings (SSSR count). The van der Waals surface area contributed by atoms with E-state index in [0.717, 1.165) is 25.7 Å². The van der Waals surface area contributed by atoms with Crippen LogP contribution in [0.3, 0.4) is 0 Å². The average molecular weight is 233 g/mol. The summed E-state index contributed by atoms with van der Waals surface area (Å²) in [5.74, 6) is -1.88. The molecule has 0 spiro atoms. The minimum Gasteiger partial charge on any atom is -0.550 e. The van der Waals surface area contributed by atoms with Crippen LogP contribution in [0, 0.1) is 0 Å². The largest absolute Gasteiger partial charge is 0.550 e. The van der Waals surface area contributed by atoms with Crippen LogP contribution >= 0.6 is 12.6 Å². The van der Waals surface area contributed by atoms with Crippen LogP contribution in [0.1, 0.15) is 39.0 Å². The highest BCUT2D eigenvalue weighted by Crippen LogP contribution is 2.05. The summed E-state index contributed by atoms with van der Waals surface area (Å²) in [7, 11) is 0. The van der Waals surface area contributed by atoms with Crippen LogP contribution in [-0.4, -0.2) is 23.8 Å². The highest BCUT2D eigenvalue weighted by atomic mass is 32.1. The molecule has 0 amide bonds. The molecule has 0 aliphatic rings. The van der Waals surface area contributed by atoms with Crippen LogP contribution in [0.15, 0.2) is 0 Å². The lowest BCUT2D eigenvalue weighted by Gasteiger charge is -2.10. The predicted molar refractivity (Wildman–Crippen MR) is 57.5 cm³/mol. The molecule has 88 valence electrons. The minimum absolute atomic E-state index is 0.336. The van der Waals surface area contributed by atoms with Gasteiger partial charge >= 0.3 is 5.97 Å². The number of rotatable bonds is 8. The normalized spacial score (nSPS) is 12.1. The van der Waals surface area contributed by atoms with Crippen molar-refractivity contribution in [1.29, 1.82) is 0 Å². The molecule has 0 fully saturated rings. The van der Waals surface area contributed by atoms with Crippen molar-refractivity contribution < 1.29 is 19.4 Å². The summed E-state index contributed by atoms with van der Waals surface area (Å²) < 4.78 is 4.84. The van der Waals surface area contributed by atoms with Crippen molar-refractivity contribution in [3.05, 3.63) is 0 Å². The molecular weight excluding hydrogens is 216 g/mol. The van der Waals surface area contributed by atoms with Gasteiger partial charge in [0.25, 0.3) is 0 Å². The van der Waals surface area contributed by atoms with Crippen molar-refractivity contribution in [1.82, 2.24) is 0 Å². The molecule has 0 radical (unpaired) electrons. The van der Waals surface area contributed by atoms with Crippen molar-refractivity contribution in [2.75, 3.05) is 6.61 Å². The van der Waals surface area contributed by atoms with E-state index in [0.29, 0.717) is 6.61 Å². The molecule has 4 nitrogen and oxygen atoms in total. The second-order valence-corrected chi connectivity index (χ2v) is 3.94. The zero-order valence-corrected chi connectivity index (χ0v) is 9.79. The smallest absolute Gasteiger partial charge is 0.319 e. The monoisotopic (exact) mass is 233 g/mol. The van der Waals surface area contributed by atoms with E-state index in [2.05, 4.69) is 19.6 Å². The van der Waals surface area contributed by atoms with Gasteiger partial charge in [0.05, 0.1) is 6.61 Å². The van der Waals surface area contributed by atoms with Crippen LogP contribution in [0.5, 0.6) is 0 Å². The number of ether oxygens (including phenoxy) is 1. The molecular formula is C10H17O4S-. The van der Waals surface area contributed by atoms with E-state index < -0.39 is 23.6 Å². The lowest BCUT2D eigenvalue weighted by Crippen LogP contribution is -2.30. The first-order valence-corrected chi connectivity index (χ1v) is 5.64. The Kier molecular flexibility index (Phi) is 8.18. The number of hydrogen-bond acceptors (Lipinski definition) is 5. The van der Waals surface area contributed by atoms with Gasteiger partial charge in [-0.15, -0.1) is 0 Å². The van der Waals surface area contributed by atoms with Crippen LogP contribution in [0.25, 0.3) is 0 Å². The van der Waals surface area contributed by atoms with Crippen LogP contribution in [0.4, 0.5) is 0 Å². The molecule has 5 heteroatoms. The average Bonchev–Trinajstić information content (AvgIpc) is 2.16. The van der Waals surface area contributed by atoms with Crippen LogP contribution in [0.2, 0.25) is 0 Å². The summed E-state index contributed by atoms with van der Waals surface area (Å²) in [6, 6.07) is 0. The Balaban J connectivity index is 3.51. The Bertz CT molecular complexity index is 206. The Labute approximate surface area is 95.4 Å². The molecule has 0 aliphatic carbocycles. The van der Waals surface area contributed by atoms with Crippen molar-refractivity contribution in [3.8, 4) is 0 Å². The fourth-order valence-electron chi connectivity index (χ4n) is 1.04. The van der Waals surface area contributed by atoms with Gasteiger partial charge in [-0.25, -0.2) is 0 Å². The van der Waals surface area contributed by atoms with Gasteiger partial charge in [-0.3, -0.25) is 4.79 Å². The number of thiol groups is 1. The highest BCUT2D eigenvalue weighted by Gasteiger charge is 2.15. The topological polar surface area (TPSA) is 66.4 Å². The first kappa shape index (κ1) is 14.3. The van der Waals surface area contributed by atoms with E-state index in [1.165, 1.54) is 0 Å². The summed E-state index contributed by atoms with van der Waals surface area (Å²) in [4.78, 5) is 21.3. The maximum absolute atomic E-state index is 11.1. The number of aliphatic carboxylic acids is 1. The van der Waals surface area contributed by atoms with Crippen molar-refractivity contribution in [3.63, 3.8) is 0 Å². The third-order valence-electron chi connectivity index (χ3n) is 1.87. The Morgan fingerprint density at radius 1 is 1.33 bits per heavy atom. The molecule has 0 saturated heterocycles. The number of esters is 1. The Morgan fingerprint density at radius 3 is 2.53 bits per heavy atom. The second kappa shape index (κ2) is 8.59. The summed E-state index contributed by atoms with van der Waals surface area (Å²) in [5, 5.41) is 9.25. The van der Waals surface area contributed by atoms with Crippen molar-refractivity contribution in [2.45, 2.75) is 44.3 Å². The van der Waals surface area contributed by atoms with E-state index in [1.54, 1.807) is 0 Å². The summed E-state index contributed by atoms with van der Waals surface area (Å²) >= 11 is 3.81. The summed E-state index contributed by atoms with van der Waals surface area (Å²) in [6.45, 7) is 2.43. The number of hydrogen-bond donors (Lipinski definition) is 1. The Hall–Kier alpha value is -0.710. The molecule has 0 aliphatic heterocycles. The summed E-state index contributed by atoms with van der Waals surface area (Å²) in [5.41, 5.74) is 0. The first-order chi connectivity index (χ1) is 7.07. The number of carbonyl (C=O) groups excluding carboxylic acids is 2. The number of carbonyl (C=O) groups is 2. The molecule has 1 atom stereocenters. The van der Waals surface area contributed by atoms with Gasteiger partial charge in [0.15, 0.2) is 0 Å². The van der Waals surface area contributed by atoms with E-state index in [-0.39, 0.29) is 0 Å². The van der Waals surface area contributed by atoms with Gasteiger partial charge in [0.2, 0.25) is 0 Å². The molecule has 0 aromatic carbocycles. The number of carboxylic acid groups (broad SMARTS) is 1. The van der Waals surface area contributed by atoms with Gasteiger partial charge < -0.3 is 14.6 Å². The molecule has 0 heterocycles. The van der Waals surface area contributed by atoms with Gasteiger partial charge in [-0.1, -0.05) is 26.2 Å². The second-order valence-electron chi connectivity index (χ2n) is 3.32. The molecule has 1 unspecified atom stereocenters. The minimum atomic E-state index is -1.29. The SMILES string of the molecule is CCCCCCOC(=O)C(S)CC(=O)[O-]. The maximum Gasteiger partial charge on any atom is 0.319 e. The summed E-state index contributed by atoms with van der Waals surface area (Å²) in [6.07, 6.45) is 3.65. The van der Waals surface area contributed by atoms with E-state index in [1.807, 2.05) is 0 Å². The van der Waals surface area contributed by atoms with Crippen LogP contribution in [-0.2, 0) is 14.3 Å². The molecule has 0 N–H and O–H groups in total. The molecule has 0 bridgehead atoms. The first-order valence-electron chi connectivity index (χ1n) is 5.12. The zero-order valence-electron chi connectivity index (χ0n) is 8.90. The van der Waals surface area contributed by atoms with Gasteiger partial charge in [0, 0.05) is 12.4 Å². The fourth-order valence-corrected chi connectivity index (χ4v) is 1.26. The van der Waals surface area contributed by atoms with Gasteiger partial charge in [-0.2, -0.15) is 12.6 Å². The van der Waals surface area contributed by atoms with Gasteiger partial charge in [0.1, 0.15) is 5.25 Å². The standard InChI is InChI=1S/C10H18O4S/c1-2-3-4-5-6-14-10(13)8(15)7-9(11)12/h8,15H,2-7H2,1H3,(H,11,12)/p-1. The third-order valence-corrected chi connectivity index (χ3v) is 2.27. The van der Waals surface area contributed by atoms with Crippen LogP contribution < -0.4 is 5.11 Å². The lowest BCUT2D eigenvalue weighted by molar-refractivity contribution is -0.305. The quantitative estimate of drug-likeness (QED) is 0.378. The number of carboxylic acids is 1. The van der Waals surface area contributed by atoms with Gasteiger partial charge in [-0.05, 0) is 6.42 Å². The molecule has 0 aromatic heterocycles. The third kappa shape index (κ3) is 8.30. The fraction of sp³-hybridized carbons (Fsp3) is 0.800. The zero-order chi connectivity index (χ0) is 11.7. The van der Waals surface area contributed by atoms with Crippen molar-refractivity contribution >= 4 is 24.6 Å². The highest BCUT2D eigenvalue weighted by molar-refractivity contribution is 7.81. The predicted octanol–water partition coefficient (Wildman–Crippen LogP) is 0.548. The molecule has 15 heavy (non-hydrogen) atoms. The maximum atomic E-state index is 11.1. The molecule has 0 aromatic rings. The van der Waals surface area contributed by atoms with E-state index in [4.69, 9.17) is 4.74 Å². The Morgan fingerprint density at radius 2 is 2.00 bits per heavy atom. The van der Waals surface area contributed by atoms with E-state index >= 15 is 0 Å². The number of unbranched alkanes of at least 4 members (excludes halogenated alkanes) is 3. The molecule has 0 saturated carbocycles. The van der Waals surface area contributed by atoms with Crippen molar-refractivity contribution in [2.24, 2.45) is 0 Å².